The van der Waals surface area contributed by atoms with E-state index >= 15 is 0 Å². The Hall–Kier alpha value is -1.36. The van der Waals surface area contributed by atoms with Crippen molar-refractivity contribution in [2.75, 3.05) is 13.7 Å². The molecule has 1 aromatic rings. The van der Waals surface area contributed by atoms with Crippen LogP contribution in [0.3, 0.4) is 0 Å². The summed E-state index contributed by atoms with van der Waals surface area (Å²) in [5, 5.41) is 0. The summed E-state index contributed by atoms with van der Waals surface area (Å²) in [6, 6.07) is 8.23. The second kappa shape index (κ2) is 7.04. The SMILES string of the molecule is COC(=O)C[C@@H]1CCCCN1C(=O)[C@@H]1C[C@@H]1c1ccc(Br)cc1. The summed E-state index contributed by atoms with van der Waals surface area (Å²) in [6.45, 7) is 0.768. The van der Waals surface area contributed by atoms with Crippen LogP contribution in [0.4, 0.5) is 0 Å². The van der Waals surface area contributed by atoms with Crippen LogP contribution in [0.1, 0.15) is 43.6 Å². The van der Waals surface area contributed by atoms with E-state index in [2.05, 4.69) is 28.1 Å². The third kappa shape index (κ3) is 3.77. The van der Waals surface area contributed by atoms with Gasteiger partial charge in [0.1, 0.15) is 0 Å². The van der Waals surface area contributed by atoms with Gasteiger partial charge >= 0.3 is 5.97 Å². The van der Waals surface area contributed by atoms with E-state index in [-0.39, 0.29) is 23.8 Å². The van der Waals surface area contributed by atoms with Gasteiger partial charge in [-0.05, 0) is 49.3 Å². The average Bonchev–Trinajstić information content (AvgIpc) is 3.36. The summed E-state index contributed by atoms with van der Waals surface area (Å²) in [4.78, 5) is 26.4. The Morgan fingerprint density at radius 1 is 1.26 bits per heavy atom. The van der Waals surface area contributed by atoms with Crippen molar-refractivity contribution in [3.63, 3.8) is 0 Å². The lowest BCUT2D eigenvalue weighted by Crippen LogP contribution is -2.45. The monoisotopic (exact) mass is 379 g/mol. The fraction of sp³-hybridized carbons (Fsp3) is 0.556. The number of esters is 1. The molecule has 0 bridgehead atoms. The zero-order valence-electron chi connectivity index (χ0n) is 13.3. The quantitative estimate of drug-likeness (QED) is 0.752. The lowest BCUT2D eigenvalue weighted by molar-refractivity contribution is -0.145. The van der Waals surface area contributed by atoms with Crippen LogP contribution in [-0.4, -0.2) is 36.5 Å². The minimum Gasteiger partial charge on any atom is -0.469 e. The number of piperidine rings is 1. The number of amides is 1. The summed E-state index contributed by atoms with van der Waals surface area (Å²) in [6.07, 6.45) is 4.24. The molecule has 1 aromatic carbocycles. The maximum Gasteiger partial charge on any atom is 0.307 e. The van der Waals surface area contributed by atoms with E-state index in [1.54, 1.807) is 0 Å². The van der Waals surface area contributed by atoms with Gasteiger partial charge in [-0.2, -0.15) is 0 Å². The molecule has 1 aliphatic carbocycles. The lowest BCUT2D eigenvalue weighted by Gasteiger charge is -2.35. The highest BCUT2D eigenvalue weighted by Crippen LogP contribution is 2.49. The normalized spacial score (nSPS) is 26.7. The van der Waals surface area contributed by atoms with Gasteiger partial charge in [0.25, 0.3) is 0 Å². The standard InChI is InChI=1S/C18H22BrNO3/c1-23-17(21)10-14-4-2-3-9-20(14)18(22)16-11-15(16)12-5-7-13(19)8-6-12/h5-8,14-16H,2-4,9-11H2,1H3/t14-,15+,16+/m0/s1. The molecule has 0 N–H and O–H groups in total. The number of hydrogen-bond donors (Lipinski definition) is 0. The number of carbonyl (C=O) groups excluding carboxylic acids is 2. The largest absolute Gasteiger partial charge is 0.469 e. The van der Waals surface area contributed by atoms with E-state index in [9.17, 15) is 9.59 Å². The van der Waals surface area contributed by atoms with Gasteiger partial charge < -0.3 is 9.64 Å². The number of likely N-dealkylation sites (tertiary alicyclic amines) is 1. The molecule has 3 atom stereocenters. The maximum atomic E-state index is 12.9. The van der Waals surface area contributed by atoms with Crippen LogP contribution in [0.15, 0.2) is 28.7 Å². The first-order valence-corrected chi connectivity index (χ1v) is 9.02. The smallest absolute Gasteiger partial charge is 0.307 e. The Balaban J connectivity index is 1.64. The second-order valence-corrected chi connectivity index (χ2v) is 7.38. The molecule has 1 amide bonds. The van der Waals surface area contributed by atoms with Crippen LogP contribution in [0, 0.1) is 5.92 Å². The van der Waals surface area contributed by atoms with Crippen LogP contribution >= 0.6 is 15.9 Å². The third-order valence-corrected chi connectivity index (χ3v) is 5.47. The molecule has 3 rings (SSSR count). The summed E-state index contributed by atoms with van der Waals surface area (Å²) < 4.78 is 5.83. The summed E-state index contributed by atoms with van der Waals surface area (Å²) >= 11 is 3.44. The predicted octanol–water partition coefficient (Wildman–Crippen LogP) is 3.50. The minimum absolute atomic E-state index is 0.00914. The van der Waals surface area contributed by atoms with Crippen molar-refractivity contribution in [2.45, 2.75) is 44.1 Å². The number of hydrogen-bond acceptors (Lipinski definition) is 3. The Morgan fingerprint density at radius 3 is 2.70 bits per heavy atom. The number of methoxy groups -OCH3 is 1. The molecule has 2 fully saturated rings. The highest BCUT2D eigenvalue weighted by molar-refractivity contribution is 9.10. The summed E-state index contributed by atoms with van der Waals surface area (Å²) in [7, 11) is 1.40. The fourth-order valence-corrected chi connectivity index (χ4v) is 3.80. The molecule has 0 radical (unpaired) electrons. The van der Waals surface area contributed by atoms with E-state index in [0.29, 0.717) is 12.3 Å². The molecule has 0 unspecified atom stereocenters. The molecule has 1 saturated heterocycles. The van der Waals surface area contributed by atoms with Gasteiger partial charge in [-0.1, -0.05) is 28.1 Å². The molecule has 1 heterocycles. The number of rotatable bonds is 4. The molecular weight excluding hydrogens is 358 g/mol. The van der Waals surface area contributed by atoms with Gasteiger partial charge in [0, 0.05) is 23.0 Å². The van der Waals surface area contributed by atoms with Crippen molar-refractivity contribution in [1.29, 1.82) is 0 Å². The van der Waals surface area contributed by atoms with Crippen molar-refractivity contribution in [3.8, 4) is 0 Å². The number of nitrogens with zero attached hydrogens (tertiary/aromatic N) is 1. The molecule has 124 valence electrons. The van der Waals surface area contributed by atoms with Crippen molar-refractivity contribution in [3.05, 3.63) is 34.3 Å². The van der Waals surface area contributed by atoms with Gasteiger partial charge in [-0.25, -0.2) is 0 Å². The second-order valence-electron chi connectivity index (χ2n) is 6.46. The number of ether oxygens (including phenoxy) is 1. The summed E-state index contributed by atoms with van der Waals surface area (Å²) in [5.74, 6) is 0.396. The van der Waals surface area contributed by atoms with Crippen molar-refractivity contribution < 1.29 is 14.3 Å². The number of halogens is 1. The van der Waals surface area contributed by atoms with E-state index < -0.39 is 0 Å². The first-order chi connectivity index (χ1) is 11.1. The lowest BCUT2D eigenvalue weighted by atomic mass is 9.98. The van der Waals surface area contributed by atoms with E-state index in [0.717, 1.165) is 36.7 Å². The van der Waals surface area contributed by atoms with Crippen molar-refractivity contribution in [1.82, 2.24) is 4.90 Å². The Labute approximate surface area is 145 Å². The highest BCUT2D eigenvalue weighted by atomic mass is 79.9. The Morgan fingerprint density at radius 2 is 2.00 bits per heavy atom. The van der Waals surface area contributed by atoms with Gasteiger partial charge in [-0.3, -0.25) is 9.59 Å². The van der Waals surface area contributed by atoms with Crippen molar-refractivity contribution in [2.24, 2.45) is 5.92 Å². The molecule has 1 saturated carbocycles. The topological polar surface area (TPSA) is 46.6 Å². The average molecular weight is 380 g/mol. The number of benzene rings is 1. The zero-order valence-corrected chi connectivity index (χ0v) is 14.9. The fourth-order valence-electron chi connectivity index (χ4n) is 3.54. The molecular formula is C18H22BrNO3. The molecule has 4 nitrogen and oxygen atoms in total. The molecule has 5 heteroatoms. The highest BCUT2D eigenvalue weighted by Gasteiger charge is 2.47. The third-order valence-electron chi connectivity index (χ3n) is 4.95. The van der Waals surface area contributed by atoms with Crippen LogP contribution in [0.25, 0.3) is 0 Å². The maximum absolute atomic E-state index is 12.9. The Bertz CT molecular complexity index is 586. The predicted molar refractivity (Wildman–Crippen MR) is 91.0 cm³/mol. The van der Waals surface area contributed by atoms with Crippen LogP contribution < -0.4 is 0 Å². The number of carbonyl (C=O) groups is 2. The molecule has 1 aliphatic heterocycles. The first-order valence-electron chi connectivity index (χ1n) is 8.23. The molecule has 0 aromatic heterocycles. The molecule has 23 heavy (non-hydrogen) atoms. The van der Waals surface area contributed by atoms with E-state index in [1.165, 1.54) is 12.7 Å². The van der Waals surface area contributed by atoms with Crippen LogP contribution in [0.5, 0.6) is 0 Å². The van der Waals surface area contributed by atoms with Crippen LogP contribution in [-0.2, 0) is 14.3 Å². The minimum atomic E-state index is -0.227. The summed E-state index contributed by atoms with van der Waals surface area (Å²) in [5.41, 5.74) is 1.23. The molecule has 2 aliphatic rings. The van der Waals surface area contributed by atoms with Gasteiger partial charge in [0.15, 0.2) is 0 Å². The van der Waals surface area contributed by atoms with E-state index in [4.69, 9.17) is 4.74 Å². The van der Waals surface area contributed by atoms with Crippen LogP contribution in [0.2, 0.25) is 0 Å². The van der Waals surface area contributed by atoms with Gasteiger partial charge in [0.2, 0.25) is 5.91 Å². The molecule has 0 spiro atoms. The van der Waals surface area contributed by atoms with E-state index in [1.807, 2.05) is 17.0 Å². The Kier molecular flexibility index (Phi) is 5.05. The zero-order chi connectivity index (χ0) is 16.4. The van der Waals surface area contributed by atoms with Crippen molar-refractivity contribution >= 4 is 27.8 Å². The first kappa shape index (κ1) is 16.5. The van der Waals surface area contributed by atoms with Gasteiger partial charge in [0.05, 0.1) is 13.5 Å². The van der Waals surface area contributed by atoms with Gasteiger partial charge in [-0.15, -0.1) is 0 Å².